The molecule has 1 atom stereocenters. The summed E-state index contributed by atoms with van der Waals surface area (Å²) < 4.78 is 42.4. The van der Waals surface area contributed by atoms with E-state index in [2.05, 4.69) is 20.4 Å². The number of nitrogens with zero attached hydrogens (tertiary/aromatic N) is 1. The van der Waals surface area contributed by atoms with Gasteiger partial charge in [-0.1, -0.05) is 0 Å². The molecule has 1 rings (SSSR count). The third kappa shape index (κ3) is 5.52. The van der Waals surface area contributed by atoms with E-state index in [0.717, 1.165) is 26.3 Å². The molecular formula is C14H16F3N3O4. The van der Waals surface area contributed by atoms with E-state index in [1.807, 2.05) is 0 Å². The molecule has 7 nitrogen and oxygen atoms in total. The Bertz CT molecular complexity index is 647. The first-order chi connectivity index (χ1) is 11.0. The number of alkyl halides is 3. The van der Waals surface area contributed by atoms with Crippen LogP contribution in [-0.4, -0.2) is 35.9 Å². The zero-order valence-electron chi connectivity index (χ0n) is 13.2. The standard InChI is InChI=1S/C14H16F3N3O4/c1-7-4-9(6-18-12(7)14(15,16)17)20-13(23)10(19-8(2)21)5-11(22)24-3/h4,6,10H,5H2,1-3H3,(H,19,21)(H,20,23). The van der Waals surface area contributed by atoms with E-state index in [9.17, 15) is 27.6 Å². The van der Waals surface area contributed by atoms with Crippen LogP contribution in [0, 0.1) is 6.92 Å². The quantitative estimate of drug-likeness (QED) is 0.785. The van der Waals surface area contributed by atoms with E-state index in [0.29, 0.717) is 0 Å². The van der Waals surface area contributed by atoms with Gasteiger partial charge in [0.25, 0.3) is 0 Å². The molecule has 0 bridgehead atoms. The predicted molar refractivity (Wildman–Crippen MR) is 76.8 cm³/mol. The molecule has 1 aromatic rings. The molecule has 0 aromatic carbocycles. The molecule has 2 N–H and O–H groups in total. The van der Waals surface area contributed by atoms with Crippen molar-refractivity contribution in [3.63, 3.8) is 0 Å². The molecule has 0 aliphatic heterocycles. The fourth-order valence-electron chi connectivity index (χ4n) is 1.87. The molecule has 0 aliphatic carbocycles. The Hall–Kier alpha value is -2.65. The summed E-state index contributed by atoms with van der Waals surface area (Å²) in [4.78, 5) is 37.8. The van der Waals surface area contributed by atoms with Gasteiger partial charge in [0.15, 0.2) is 0 Å². The van der Waals surface area contributed by atoms with Crippen molar-refractivity contribution < 1.29 is 32.3 Å². The van der Waals surface area contributed by atoms with Gasteiger partial charge in [-0.2, -0.15) is 13.2 Å². The molecule has 2 amide bonds. The molecule has 0 fully saturated rings. The highest BCUT2D eigenvalue weighted by atomic mass is 19.4. The second kappa shape index (κ2) is 7.75. The second-order valence-corrected chi connectivity index (χ2v) is 4.91. The van der Waals surface area contributed by atoms with Crippen molar-refractivity contribution in [1.29, 1.82) is 0 Å². The van der Waals surface area contributed by atoms with Crippen LogP contribution in [-0.2, 0) is 25.3 Å². The van der Waals surface area contributed by atoms with Gasteiger partial charge < -0.3 is 15.4 Å². The number of methoxy groups -OCH3 is 1. The van der Waals surface area contributed by atoms with Crippen LogP contribution in [0.15, 0.2) is 12.3 Å². The van der Waals surface area contributed by atoms with Crippen LogP contribution in [0.3, 0.4) is 0 Å². The van der Waals surface area contributed by atoms with Gasteiger partial charge in [0, 0.05) is 6.92 Å². The molecule has 24 heavy (non-hydrogen) atoms. The summed E-state index contributed by atoms with van der Waals surface area (Å²) in [6, 6.07) is -0.131. The maximum absolute atomic E-state index is 12.6. The van der Waals surface area contributed by atoms with Crippen LogP contribution < -0.4 is 10.6 Å². The highest BCUT2D eigenvalue weighted by molar-refractivity contribution is 5.98. The van der Waals surface area contributed by atoms with Crippen LogP contribution in [0.2, 0.25) is 0 Å². The summed E-state index contributed by atoms with van der Waals surface area (Å²) in [5.74, 6) is -2.07. The van der Waals surface area contributed by atoms with Crippen molar-refractivity contribution in [2.45, 2.75) is 32.5 Å². The van der Waals surface area contributed by atoms with E-state index >= 15 is 0 Å². The second-order valence-electron chi connectivity index (χ2n) is 4.91. The molecule has 10 heteroatoms. The topological polar surface area (TPSA) is 97.4 Å². The highest BCUT2D eigenvalue weighted by Crippen LogP contribution is 2.30. The Balaban J connectivity index is 2.92. The number of ether oxygens (including phenoxy) is 1. The van der Waals surface area contributed by atoms with Crippen LogP contribution in [0.25, 0.3) is 0 Å². The third-order valence-electron chi connectivity index (χ3n) is 2.91. The number of carbonyl (C=O) groups is 3. The largest absolute Gasteiger partial charge is 0.469 e. The number of carbonyl (C=O) groups excluding carboxylic acids is 3. The van der Waals surface area contributed by atoms with Gasteiger partial charge in [0.1, 0.15) is 11.7 Å². The first-order valence-electron chi connectivity index (χ1n) is 6.73. The number of pyridine rings is 1. The molecule has 0 saturated carbocycles. The minimum atomic E-state index is -4.60. The van der Waals surface area contributed by atoms with Gasteiger partial charge in [0.05, 0.1) is 25.4 Å². The van der Waals surface area contributed by atoms with E-state index in [1.54, 1.807) is 0 Å². The van der Waals surface area contributed by atoms with E-state index in [-0.39, 0.29) is 11.3 Å². The average molecular weight is 347 g/mol. The van der Waals surface area contributed by atoms with Gasteiger partial charge in [-0.3, -0.25) is 14.4 Å². The van der Waals surface area contributed by atoms with Gasteiger partial charge in [-0.15, -0.1) is 0 Å². The number of anilines is 1. The number of aryl methyl sites for hydroxylation is 1. The van der Waals surface area contributed by atoms with Crippen molar-refractivity contribution >= 4 is 23.5 Å². The molecule has 0 radical (unpaired) electrons. The Morgan fingerprint density at radius 1 is 1.33 bits per heavy atom. The normalized spacial score (nSPS) is 12.2. The highest BCUT2D eigenvalue weighted by Gasteiger charge is 2.34. The fraction of sp³-hybridized carbons (Fsp3) is 0.429. The monoisotopic (exact) mass is 347 g/mol. The van der Waals surface area contributed by atoms with Crippen molar-refractivity contribution in [1.82, 2.24) is 10.3 Å². The Morgan fingerprint density at radius 2 is 1.96 bits per heavy atom. The molecule has 0 aliphatic rings. The van der Waals surface area contributed by atoms with Crippen molar-refractivity contribution in [2.24, 2.45) is 0 Å². The zero-order chi connectivity index (χ0) is 18.5. The number of hydrogen-bond donors (Lipinski definition) is 2. The predicted octanol–water partition coefficient (Wildman–Crippen LogP) is 1.42. The molecule has 1 aromatic heterocycles. The number of halogens is 3. The lowest BCUT2D eigenvalue weighted by Crippen LogP contribution is -2.44. The first-order valence-corrected chi connectivity index (χ1v) is 6.73. The van der Waals surface area contributed by atoms with Gasteiger partial charge in [-0.25, -0.2) is 4.98 Å². The molecular weight excluding hydrogens is 331 g/mol. The van der Waals surface area contributed by atoms with Crippen molar-refractivity contribution in [3.05, 3.63) is 23.5 Å². The fourth-order valence-corrected chi connectivity index (χ4v) is 1.87. The SMILES string of the molecule is COC(=O)CC(NC(C)=O)C(=O)Nc1cnc(C(F)(F)F)c(C)c1. The van der Waals surface area contributed by atoms with Gasteiger partial charge >= 0.3 is 12.1 Å². The summed E-state index contributed by atoms with van der Waals surface area (Å²) in [6.07, 6.45) is -4.18. The number of aromatic nitrogens is 1. The summed E-state index contributed by atoms with van der Waals surface area (Å²) in [5.41, 5.74) is -1.23. The minimum Gasteiger partial charge on any atom is -0.469 e. The van der Waals surface area contributed by atoms with Crippen LogP contribution in [0.1, 0.15) is 24.6 Å². The lowest BCUT2D eigenvalue weighted by molar-refractivity contribution is -0.143. The number of hydrogen-bond acceptors (Lipinski definition) is 5. The Labute approximate surface area is 135 Å². The summed E-state index contributed by atoms with van der Waals surface area (Å²) in [7, 11) is 1.12. The molecule has 1 unspecified atom stereocenters. The Morgan fingerprint density at radius 3 is 2.42 bits per heavy atom. The van der Waals surface area contributed by atoms with E-state index in [1.165, 1.54) is 6.92 Å². The van der Waals surface area contributed by atoms with Crippen LogP contribution >= 0.6 is 0 Å². The minimum absolute atomic E-state index is 0.00529. The maximum atomic E-state index is 12.6. The number of rotatable bonds is 5. The van der Waals surface area contributed by atoms with Gasteiger partial charge in [-0.05, 0) is 18.6 Å². The summed E-state index contributed by atoms with van der Waals surface area (Å²) >= 11 is 0. The molecule has 0 saturated heterocycles. The first kappa shape index (κ1) is 19.4. The van der Waals surface area contributed by atoms with E-state index in [4.69, 9.17) is 0 Å². The van der Waals surface area contributed by atoms with Crippen LogP contribution in [0.4, 0.5) is 18.9 Å². The number of nitrogens with one attached hydrogen (secondary N) is 2. The summed E-state index contributed by atoms with van der Waals surface area (Å²) in [6.45, 7) is 2.35. The van der Waals surface area contributed by atoms with Crippen molar-refractivity contribution in [3.8, 4) is 0 Å². The number of esters is 1. The lowest BCUT2D eigenvalue weighted by Gasteiger charge is -2.17. The maximum Gasteiger partial charge on any atom is 0.433 e. The molecule has 1 heterocycles. The Kier molecular flexibility index (Phi) is 6.27. The number of amides is 2. The van der Waals surface area contributed by atoms with Crippen LogP contribution in [0.5, 0.6) is 0 Å². The van der Waals surface area contributed by atoms with Gasteiger partial charge in [0.2, 0.25) is 11.8 Å². The molecule has 0 spiro atoms. The smallest absolute Gasteiger partial charge is 0.433 e. The summed E-state index contributed by atoms with van der Waals surface area (Å²) in [5, 5.41) is 4.57. The van der Waals surface area contributed by atoms with Crippen molar-refractivity contribution in [2.75, 3.05) is 12.4 Å². The van der Waals surface area contributed by atoms with E-state index < -0.39 is 42.1 Å². The zero-order valence-corrected chi connectivity index (χ0v) is 13.2. The average Bonchev–Trinajstić information content (AvgIpc) is 2.44. The lowest BCUT2D eigenvalue weighted by atomic mass is 10.1. The molecule has 132 valence electrons. The third-order valence-corrected chi connectivity index (χ3v) is 2.91.